The van der Waals surface area contributed by atoms with Gasteiger partial charge in [0.1, 0.15) is 17.9 Å². The van der Waals surface area contributed by atoms with Crippen molar-refractivity contribution in [1.29, 1.82) is 0 Å². The SMILES string of the molecule is Cl.c1cnc(-n2ccnc2)c(CNCc2ccc3c(c2)CCO3)c1. The van der Waals surface area contributed by atoms with Crippen molar-refractivity contribution in [3.8, 4) is 11.6 Å². The van der Waals surface area contributed by atoms with Crippen LogP contribution in [0.2, 0.25) is 0 Å². The molecule has 0 amide bonds. The second-order valence-electron chi connectivity index (χ2n) is 5.60. The molecule has 3 heterocycles. The minimum Gasteiger partial charge on any atom is -0.493 e. The highest BCUT2D eigenvalue weighted by atomic mass is 35.5. The molecule has 1 N–H and O–H groups in total. The van der Waals surface area contributed by atoms with Crippen LogP contribution in [0.4, 0.5) is 0 Å². The number of benzene rings is 1. The van der Waals surface area contributed by atoms with Crippen LogP contribution in [0.1, 0.15) is 16.7 Å². The van der Waals surface area contributed by atoms with Crippen LogP contribution in [0.3, 0.4) is 0 Å². The van der Waals surface area contributed by atoms with E-state index in [-0.39, 0.29) is 12.4 Å². The minimum absolute atomic E-state index is 0. The van der Waals surface area contributed by atoms with Gasteiger partial charge < -0.3 is 10.1 Å². The summed E-state index contributed by atoms with van der Waals surface area (Å²) >= 11 is 0. The maximum atomic E-state index is 5.55. The predicted octanol–water partition coefficient (Wildman–Crippen LogP) is 2.91. The Morgan fingerprint density at radius 3 is 3.00 bits per heavy atom. The smallest absolute Gasteiger partial charge is 0.142 e. The van der Waals surface area contributed by atoms with Gasteiger partial charge in [0.25, 0.3) is 0 Å². The van der Waals surface area contributed by atoms with Crippen molar-refractivity contribution in [3.63, 3.8) is 0 Å². The standard InChI is InChI=1S/C18H18N4O.ClH/c1-2-16(18(21-6-1)22-8-7-19-13-22)12-20-11-14-3-4-17-15(10-14)5-9-23-17;/h1-4,6-8,10,13,20H,5,9,11-12H2;1H. The van der Waals surface area contributed by atoms with Crippen LogP contribution in [-0.4, -0.2) is 21.1 Å². The molecule has 0 unspecified atom stereocenters. The molecule has 6 heteroatoms. The Morgan fingerprint density at radius 1 is 1.17 bits per heavy atom. The number of aromatic nitrogens is 3. The first-order chi connectivity index (χ1) is 11.4. The molecule has 1 aliphatic heterocycles. The lowest BCUT2D eigenvalue weighted by atomic mass is 10.1. The van der Waals surface area contributed by atoms with E-state index >= 15 is 0 Å². The van der Waals surface area contributed by atoms with Crippen LogP contribution < -0.4 is 10.1 Å². The molecule has 1 aromatic carbocycles. The van der Waals surface area contributed by atoms with E-state index in [2.05, 4.69) is 39.6 Å². The monoisotopic (exact) mass is 342 g/mol. The average Bonchev–Trinajstić information content (AvgIpc) is 3.26. The minimum atomic E-state index is 0. The molecule has 124 valence electrons. The molecule has 3 aromatic rings. The molecule has 1 aliphatic rings. The number of halogens is 1. The molecular weight excluding hydrogens is 324 g/mol. The highest BCUT2D eigenvalue weighted by molar-refractivity contribution is 5.85. The zero-order valence-corrected chi connectivity index (χ0v) is 14.0. The summed E-state index contributed by atoms with van der Waals surface area (Å²) in [5, 5.41) is 3.50. The molecule has 0 radical (unpaired) electrons. The second-order valence-corrected chi connectivity index (χ2v) is 5.60. The van der Waals surface area contributed by atoms with Crippen LogP contribution >= 0.6 is 12.4 Å². The zero-order chi connectivity index (χ0) is 15.5. The van der Waals surface area contributed by atoms with Crippen molar-refractivity contribution in [1.82, 2.24) is 19.9 Å². The number of hydrogen-bond donors (Lipinski definition) is 1. The lowest BCUT2D eigenvalue weighted by molar-refractivity contribution is 0.357. The van der Waals surface area contributed by atoms with Gasteiger partial charge in [-0.2, -0.15) is 0 Å². The maximum Gasteiger partial charge on any atom is 0.142 e. The fourth-order valence-corrected chi connectivity index (χ4v) is 2.88. The van der Waals surface area contributed by atoms with Gasteiger partial charge >= 0.3 is 0 Å². The Bertz CT molecular complexity index is 805. The quantitative estimate of drug-likeness (QED) is 0.774. The Labute approximate surface area is 147 Å². The van der Waals surface area contributed by atoms with Crippen molar-refractivity contribution >= 4 is 12.4 Å². The van der Waals surface area contributed by atoms with E-state index < -0.39 is 0 Å². The van der Waals surface area contributed by atoms with Crippen molar-refractivity contribution in [2.45, 2.75) is 19.5 Å². The number of pyridine rings is 1. The summed E-state index contributed by atoms with van der Waals surface area (Å²) in [7, 11) is 0. The molecule has 0 bridgehead atoms. The van der Waals surface area contributed by atoms with E-state index in [0.29, 0.717) is 0 Å². The van der Waals surface area contributed by atoms with E-state index in [0.717, 1.165) is 43.2 Å². The summed E-state index contributed by atoms with van der Waals surface area (Å²) in [6.45, 7) is 2.39. The Hall–Kier alpha value is -2.37. The predicted molar refractivity (Wildman–Crippen MR) is 94.8 cm³/mol. The fraction of sp³-hybridized carbons (Fsp3) is 0.222. The molecule has 0 fully saturated rings. The zero-order valence-electron chi connectivity index (χ0n) is 13.2. The van der Waals surface area contributed by atoms with E-state index in [4.69, 9.17) is 4.74 Å². The van der Waals surface area contributed by atoms with Crippen LogP contribution in [0.15, 0.2) is 55.2 Å². The van der Waals surface area contributed by atoms with Crippen molar-refractivity contribution < 1.29 is 4.74 Å². The molecule has 2 aromatic heterocycles. The molecule has 0 saturated carbocycles. The third kappa shape index (κ3) is 3.42. The molecule has 0 saturated heterocycles. The van der Waals surface area contributed by atoms with Crippen LogP contribution in [0.25, 0.3) is 5.82 Å². The van der Waals surface area contributed by atoms with E-state index in [1.54, 1.807) is 18.7 Å². The number of fused-ring (bicyclic) bond motifs is 1. The van der Waals surface area contributed by atoms with Gasteiger partial charge in [-0.1, -0.05) is 18.2 Å². The number of hydrogen-bond acceptors (Lipinski definition) is 4. The number of imidazole rings is 1. The average molecular weight is 343 g/mol. The molecular formula is C18H19ClN4O. The highest BCUT2D eigenvalue weighted by Gasteiger charge is 2.12. The lowest BCUT2D eigenvalue weighted by Crippen LogP contribution is -2.15. The van der Waals surface area contributed by atoms with Crippen LogP contribution in [0, 0.1) is 0 Å². The Balaban J connectivity index is 0.00000169. The fourth-order valence-electron chi connectivity index (χ4n) is 2.88. The molecule has 24 heavy (non-hydrogen) atoms. The van der Waals surface area contributed by atoms with Crippen molar-refractivity contribution in [2.75, 3.05) is 6.61 Å². The number of ether oxygens (including phenoxy) is 1. The van der Waals surface area contributed by atoms with Crippen molar-refractivity contribution in [2.24, 2.45) is 0 Å². The van der Waals surface area contributed by atoms with Gasteiger partial charge in [0, 0.05) is 43.7 Å². The topological polar surface area (TPSA) is 52.0 Å². The summed E-state index contributed by atoms with van der Waals surface area (Å²) in [6.07, 6.45) is 8.26. The Morgan fingerprint density at radius 2 is 2.12 bits per heavy atom. The van der Waals surface area contributed by atoms with Gasteiger partial charge in [0.05, 0.1) is 6.61 Å². The molecule has 0 aliphatic carbocycles. The summed E-state index contributed by atoms with van der Waals surface area (Å²) in [4.78, 5) is 8.55. The third-order valence-corrected chi connectivity index (χ3v) is 4.01. The van der Waals surface area contributed by atoms with E-state index in [1.165, 1.54) is 11.1 Å². The van der Waals surface area contributed by atoms with Gasteiger partial charge in [0.2, 0.25) is 0 Å². The largest absolute Gasteiger partial charge is 0.493 e. The van der Waals surface area contributed by atoms with Crippen LogP contribution in [0.5, 0.6) is 5.75 Å². The second kappa shape index (κ2) is 7.47. The number of nitrogens with one attached hydrogen (secondary N) is 1. The van der Waals surface area contributed by atoms with Crippen LogP contribution in [-0.2, 0) is 19.5 Å². The van der Waals surface area contributed by atoms with Gasteiger partial charge in [-0.3, -0.25) is 4.57 Å². The summed E-state index contributed by atoms with van der Waals surface area (Å²) in [6, 6.07) is 10.5. The van der Waals surface area contributed by atoms with Gasteiger partial charge in [0.15, 0.2) is 0 Å². The van der Waals surface area contributed by atoms with E-state index in [9.17, 15) is 0 Å². The molecule has 0 atom stereocenters. The summed E-state index contributed by atoms with van der Waals surface area (Å²) < 4.78 is 7.48. The molecule has 4 rings (SSSR count). The van der Waals surface area contributed by atoms with Crippen molar-refractivity contribution in [3.05, 3.63) is 71.9 Å². The summed E-state index contributed by atoms with van der Waals surface area (Å²) in [5.41, 5.74) is 3.74. The first kappa shape index (κ1) is 16.5. The van der Waals surface area contributed by atoms with Gasteiger partial charge in [-0.25, -0.2) is 9.97 Å². The lowest BCUT2D eigenvalue weighted by Gasteiger charge is -2.10. The van der Waals surface area contributed by atoms with Gasteiger partial charge in [-0.15, -0.1) is 12.4 Å². The highest BCUT2D eigenvalue weighted by Crippen LogP contribution is 2.25. The third-order valence-electron chi connectivity index (χ3n) is 4.01. The van der Waals surface area contributed by atoms with Gasteiger partial charge in [-0.05, 0) is 23.3 Å². The first-order valence-corrected chi connectivity index (χ1v) is 7.78. The first-order valence-electron chi connectivity index (χ1n) is 7.78. The Kier molecular flexibility index (Phi) is 5.13. The normalized spacial score (nSPS) is 12.3. The molecule has 5 nitrogen and oxygen atoms in total. The molecule has 0 spiro atoms. The number of nitrogens with zero attached hydrogens (tertiary/aromatic N) is 3. The number of rotatable bonds is 5. The van der Waals surface area contributed by atoms with E-state index in [1.807, 2.05) is 16.8 Å². The summed E-state index contributed by atoms with van der Waals surface area (Å²) in [5.74, 6) is 1.95. The maximum absolute atomic E-state index is 5.55.